The van der Waals surface area contributed by atoms with Gasteiger partial charge in [0.1, 0.15) is 6.04 Å². The molecule has 1 fully saturated rings. The minimum Gasteiger partial charge on any atom is -0.374 e. The standard InChI is InChI=1S/C12H14F2N2O/c13-9-5-4-8(7-10(9)14)16-11-3-1-2-6-15-12(11)17/h4-5,7,11,16H,1-3,6H2,(H,15,17). The molecule has 1 aromatic carbocycles. The first kappa shape index (κ1) is 11.8. The van der Waals surface area contributed by atoms with Gasteiger partial charge in [-0.05, 0) is 31.4 Å². The van der Waals surface area contributed by atoms with Crippen molar-refractivity contribution in [1.29, 1.82) is 0 Å². The number of carbonyl (C=O) groups excluding carboxylic acids is 1. The van der Waals surface area contributed by atoms with E-state index in [-0.39, 0.29) is 11.9 Å². The quantitative estimate of drug-likeness (QED) is 0.830. The van der Waals surface area contributed by atoms with Gasteiger partial charge in [0.25, 0.3) is 0 Å². The van der Waals surface area contributed by atoms with Crippen LogP contribution in [0.3, 0.4) is 0 Å². The van der Waals surface area contributed by atoms with Crippen LogP contribution in [0, 0.1) is 11.6 Å². The molecule has 0 bridgehead atoms. The molecule has 3 nitrogen and oxygen atoms in total. The van der Waals surface area contributed by atoms with Crippen molar-refractivity contribution in [1.82, 2.24) is 5.32 Å². The summed E-state index contributed by atoms with van der Waals surface area (Å²) in [4.78, 5) is 11.6. The van der Waals surface area contributed by atoms with Crippen LogP contribution in [0.2, 0.25) is 0 Å². The Balaban J connectivity index is 2.08. The first-order valence-corrected chi connectivity index (χ1v) is 5.66. The third-order valence-corrected chi connectivity index (χ3v) is 2.80. The average molecular weight is 240 g/mol. The molecule has 92 valence electrons. The summed E-state index contributed by atoms with van der Waals surface area (Å²) in [6.45, 7) is 0.675. The Morgan fingerprint density at radius 2 is 2.06 bits per heavy atom. The SMILES string of the molecule is O=C1NCCCCC1Nc1ccc(F)c(F)c1. The number of hydrogen-bond acceptors (Lipinski definition) is 2. The monoisotopic (exact) mass is 240 g/mol. The molecule has 0 saturated carbocycles. The third-order valence-electron chi connectivity index (χ3n) is 2.80. The second-order valence-electron chi connectivity index (χ2n) is 4.11. The lowest BCUT2D eigenvalue weighted by Crippen LogP contribution is -2.37. The maximum absolute atomic E-state index is 13.0. The van der Waals surface area contributed by atoms with Gasteiger partial charge in [-0.1, -0.05) is 0 Å². The van der Waals surface area contributed by atoms with Gasteiger partial charge in [0.2, 0.25) is 5.91 Å². The molecule has 0 radical (unpaired) electrons. The van der Waals surface area contributed by atoms with Gasteiger partial charge in [0, 0.05) is 18.3 Å². The van der Waals surface area contributed by atoms with Gasteiger partial charge in [0.05, 0.1) is 0 Å². The van der Waals surface area contributed by atoms with Crippen LogP contribution >= 0.6 is 0 Å². The molecule has 1 amide bonds. The van der Waals surface area contributed by atoms with E-state index in [1.54, 1.807) is 0 Å². The highest BCUT2D eigenvalue weighted by atomic mass is 19.2. The number of carbonyl (C=O) groups is 1. The molecule has 1 aromatic rings. The first-order chi connectivity index (χ1) is 8.16. The second kappa shape index (κ2) is 5.12. The van der Waals surface area contributed by atoms with Crippen LogP contribution in [0.4, 0.5) is 14.5 Å². The highest BCUT2D eigenvalue weighted by Gasteiger charge is 2.20. The van der Waals surface area contributed by atoms with Crippen molar-refractivity contribution >= 4 is 11.6 Å². The van der Waals surface area contributed by atoms with E-state index in [0.717, 1.165) is 25.0 Å². The van der Waals surface area contributed by atoms with E-state index >= 15 is 0 Å². The van der Waals surface area contributed by atoms with Crippen LogP contribution < -0.4 is 10.6 Å². The minimum atomic E-state index is -0.913. The van der Waals surface area contributed by atoms with Crippen molar-refractivity contribution in [3.05, 3.63) is 29.8 Å². The highest BCUT2D eigenvalue weighted by molar-refractivity contribution is 5.84. The maximum Gasteiger partial charge on any atom is 0.242 e. The predicted molar refractivity (Wildman–Crippen MR) is 60.6 cm³/mol. The van der Waals surface area contributed by atoms with Crippen molar-refractivity contribution in [2.45, 2.75) is 25.3 Å². The molecule has 1 aliphatic rings. The lowest BCUT2D eigenvalue weighted by Gasteiger charge is -2.16. The summed E-state index contributed by atoms with van der Waals surface area (Å²) < 4.78 is 25.7. The summed E-state index contributed by atoms with van der Waals surface area (Å²) in [5.41, 5.74) is 0.422. The largest absolute Gasteiger partial charge is 0.374 e. The topological polar surface area (TPSA) is 41.1 Å². The Morgan fingerprint density at radius 3 is 2.82 bits per heavy atom. The Bertz CT molecular complexity index is 423. The lowest BCUT2D eigenvalue weighted by molar-refractivity contribution is -0.121. The van der Waals surface area contributed by atoms with Gasteiger partial charge in [-0.15, -0.1) is 0 Å². The first-order valence-electron chi connectivity index (χ1n) is 5.66. The summed E-state index contributed by atoms with van der Waals surface area (Å²) in [6.07, 6.45) is 2.58. The fourth-order valence-corrected chi connectivity index (χ4v) is 1.86. The number of halogens is 2. The normalized spacial score (nSPS) is 20.6. The molecule has 2 N–H and O–H groups in total. The zero-order valence-electron chi connectivity index (χ0n) is 9.30. The average Bonchev–Trinajstić information content (AvgIpc) is 2.50. The summed E-state index contributed by atoms with van der Waals surface area (Å²) in [7, 11) is 0. The van der Waals surface area contributed by atoms with Crippen LogP contribution in [-0.2, 0) is 4.79 Å². The number of nitrogens with one attached hydrogen (secondary N) is 2. The minimum absolute atomic E-state index is 0.0905. The van der Waals surface area contributed by atoms with E-state index in [4.69, 9.17) is 0 Å². The molecule has 1 heterocycles. The van der Waals surface area contributed by atoms with Crippen LogP contribution in [0.25, 0.3) is 0 Å². The van der Waals surface area contributed by atoms with Crippen molar-refractivity contribution in [2.24, 2.45) is 0 Å². The van der Waals surface area contributed by atoms with Gasteiger partial charge < -0.3 is 10.6 Å². The second-order valence-corrected chi connectivity index (χ2v) is 4.11. The molecular formula is C12H14F2N2O. The number of anilines is 1. The smallest absolute Gasteiger partial charge is 0.242 e. The molecule has 5 heteroatoms. The number of benzene rings is 1. The van der Waals surface area contributed by atoms with Crippen LogP contribution in [0.1, 0.15) is 19.3 Å². The van der Waals surface area contributed by atoms with Crippen LogP contribution in [0.15, 0.2) is 18.2 Å². The Labute approximate surface area is 98.2 Å². The summed E-state index contributed by atoms with van der Waals surface area (Å²) in [5, 5.41) is 5.69. The molecule has 0 spiro atoms. The van der Waals surface area contributed by atoms with Gasteiger partial charge in [0.15, 0.2) is 11.6 Å². The van der Waals surface area contributed by atoms with Gasteiger partial charge >= 0.3 is 0 Å². The summed E-state index contributed by atoms with van der Waals surface area (Å²) in [5.74, 6) is -1.89. The van der Waals surface area contributed by atoms with E-state index in [9.17, 15) is 13.6 Å². The number of rotatable bonds is 2. The van der Waals surface area contributed by atoms with Crippen LogP contribution in [0.5, 0.6) is 0 Å². The molecule has 17 heavy (non-hydrogen) atoms. The Hall–Kier alpha value is -1.65. The fraction of sp³-hybridized carbons (Fsp3) is 0.417. The van der Waals surface area contributed by atoms with Crippen molar-refractivity contribution < 1.29 is 13.6 Å². The fourth-order valence-electron chi connectivity index (χ4n) is 1.86. The Morgan fingerprint density at radius 1 is 1.24 bits per heavy atom. The van der Waals surface area contributed by atoms with E-state index in [1.165, 1.54) is 6.07 Å². The van der Waals surface area contributed by atoms with Gasteiger partial charge in [-0.25, -0.2) is 8.78 Å². The van der Waals surface area contributed by atoms with Gasteiger partial charge in [-0.3, -0.25) is 4.79 Å². The highest BCUT2D eigenvalue weighted by Crippen LogP contribution is 2.16. The van der Waals surface area contributed by atoms with Crippen molar-refractivity contribution in [2.75, 3.05) is 11.9 Å². The molecule has 1 atom stereocenters. The Kier molecular flexibility index (Phi) is 3.56. The van der Waals surface area contributed by atoms with Crippen molar-refractivity contribution in [3.63, 3.8) is 0 Å². The number of amides is 1. The maximum atomic E-state index is 13.0. The lowest BCUT2D eigenvalue weighted by atomic mass is 10.1. The molecular weight excluding hydrogens is 226 g/mol. The molecule has 1 aliphatic heterocycles. The molecule has 0 aromatic heterocycles. The van der Waals surface area contributed by atoms with Gasteiger partial charge in [-0.2, -0.15) is 0 Å². The summed E-state index contributed by atoms with van der Waals surface area (Å²) in [6, 6.07) is 3.17. The third kappa shape index (κ3) is 2.93. The zero-order chi connectivity index (χ0) is 12.3. The molecule has 1 unspecified atom stereocenters. The van der Waals surface area contributed by atoms with Crippen LogP contribution in [-0.4, -0.2) is 18.5 Å². The number of hydrogen-bond donors (Lipinski definition) is 2. The van der Waals surface area contributed by atoms with Crippen molar-refractivity contribution in [3.8, 4) is 0 Å². The molecule has 0 aliphatic carbocycles. The van der Waals surface area contributed by atoms with E-state index in [1.807, 2.05) is 0 Å². The van der Waals surface area contributed by atoms with E-state index in [2.05, 4.69) is 10.6 Å². The predicted octanol–water partition coefficient (Wildman–Crippen LogP) is 2.05. The van der Waals surface area contributed by atoms with E-state index in [0.29, 0.717) is 18.7 Å². The molecule has 1 saturated heterocycles. The zero-order valence-corrected chi connectivity index (χ0v) is 9.30. The molecule has 2 rings (SSSR count). The summed E-state index contributed by atoms with van der Waals surface area (Å²) >= 11 is 0. The van der Waals surface area contributed by atoms with E-state index < -0.39 is 11.6 Å².